The standard InChI is InChI=1S/C21H25BrN6O2/c1-5-9-23-21(30)19-17(11-24-27(19)4)25-20(29)16-8-6-7-15(10-16)12-28-14(3)18(22)13(2)26-28/h6-8,10-11H,5,9,12H2,1-4H3,(H,23,30)(H,25,29). The second-order valence-corrected chi connectivity index (χ2v) is 7.88. The van der Waals surface area contributed by atoms with Crippen LogP contribution >= 0.6 is 15.9 Å². The van der Waals surface area contributed by atoms with Crippen molar-refractivity contribution >= 4 is 33.4 Å². The number of halogens is 1. The molecule has 0 spiro atoms. The smallest absolute Gasteiger partial charge is 0.271 e. The summed E-state index contributed by atoms with van der Waals surface area (Å²) in [7, 11) is 1.67. The first kappa shape index (κ1) is 21.8. The minimum atomic E-state index is -0.302. The molecule has 0 bridgehead atoms. The van der Waals surface area contributed by atoms with Crippen molar-refractivity contribution in [1.29, 1.82) is 0 Å². The van der Waals surface area contributed by atoms with Crippen molar-refractivity contribution in [2.24, 2.45) is 7.05 Å². The molecule has 0 saturated carbocycles. The molecule has 2 N–H and O–H groups in total. The molecular formula is C21H25BrN6O2. The van der Waals surface area contributed by atoms with Crippen LogP contribution in [0, 0.1) is 13.8 Å². The molecule has 2 aromatic heterocycles. The van der Waals surface area contributed by atoms with Gasteiger partial charge in [-0.15, -0.1) is 0 Å². The lowest BCUT2D eigenvalue weighted by molar-refractivity contribution is 0.0945. The number of aromatic nitrogens is 4. The number of anilines is 1. The molecule has 0 radical (unpaired) electrons. The van der Waals surface area contributed by atoms with Crippen molar-refractivity contribution in [3.05, 3.63) is 63.1 Å². The number of rotatable bonds is 7. The first-order valence-corrected chi connectivity index (χ1v) is 10.5. The largest absolute Gasteiger partial charge is 0.351 e. The van der Waals surface area contributed by atoms with Crippen molar-refractivity contribution in [3.63, 3.8) is 0 Å². The van der Waals surface area contributed by atoms with Gasteiger partial charge in [-0.2, -0.15) is 10.2 Å². The molecule has 1 aromatic carbocycles. The van der Waals surface area contributed by atoms with Crippen molar-refractivity contribution in [2.45, 2.75) is 33.7 Å². The zero-order chi connectivity index (χ0) is 21.8. The van der Waals surface area contributed by atoms with Gasteiger partial charge in [0.1, 0.15) is 5.69 Å². The van der Waals surface area contributed by atoms with Crippen molar-refractivity contribution in [3.8, 4) is 0 Å². The van der Waals surface area contributed by atoms with Gasteiger partial charge in [0.05, 0.1) is 34.3 Å². The molecular weight excluding hydrogens is 448 g/mol. The molecule has 0 unspecified atom stereocenters. The number of benzene rings is 1. The normalized spacial score (nSPS) is 10.8. The summed E-state index contributed by atoms with van der Waals surface area (Å²) < 4.78 is 4.34. The Morgan fingerprint density at radius 2 is 1.97 bits per heavy atom. The average Bonchev–Trinajstić information content (AvgIpc) is 3.20. The van der Waals surface area contributed by atoms with Gasteiger partial charge in [0.25, 0.3) is 11.8 Å². The molecule has 0 aliphatic heterocycles. The highest BCUT2D eigenvalue weighted by Crippen LogP contribution is 2.21. The fraction of sp³-hybridized carbons (Fsp3) is 0.333. The van der Waals surface area contributed by atoms with E-state index >= 15 is 0 Å². The van der Waals surface area contributed by atoms with E-state index in [2.05, 4.69) is 36.8 Å². The lowest BCUT2D eigenvalue weighted by Gasteiger charge is -2.10. The molecule has 0 aliphatic carbocycles. The number of nitrogens with zero attached hydrogens (tertiary/aromatic N) is 4. The van der Waals surface area contributed by atoms with Crippen molar-refractivity contribution < 1.29 is 9.59 Å². The second-order valence-electron chi connectivity index (χ2n) is 7.08. The summed E-state index contributed by atoms with van der Waals surface area (Å²) in [6.45, 7) is 7.02. The molecule has 158 valence electrons. The molecule has 0 atom stereocenters. The predicted octanol–water partition coefficient (Wildman–Crippen LogP) is 3.44. The van der Waals surface area contributed by atoms with Crippen LogP contribution in [-0.2, 0) is 13.6 Å². The van der Waals surface area contributed by atoms with Crippen LogP contribution in [0.4, 0.5) is 5.69 Å². The predicted molar refractivity (Wildman–Crippen MR) is 119 cm³/mol. The maximum atomic E-state index is 12.8. The second kappa shape index (κ2) is 9.25. The Bertz CT molecular complexity index is 1090. The third-order valence-electron chi connectivity index (χ3n) is 4.75. The van der Waals surface area contributed by atoms with Gasteiger partial charge in [0, 0.05) is 19.2 Å². The summed E-state index contributed by atoms with van der Waals surface area (Å²) in [4.78, 5) is 25.2. The van der Waals surface area contributed by atoms with Crippen molar-refractivity contribution in [2.75, 3.05) is 11.9 Å². The number of amides is 2. The van der Waals surface area contributed by atoms with Crippen LogP contribution in [0.2, 0.25) is 0 Å². The number of aryl methyl sites for hydroxylation is 2. The Morgan fingerprint density at radius 3 is 2.63 bits per heavy atom. The Morgan fingerprint density at radius 1 is 1.20 bits per heavy atom. The van der Waals surface area contributed by atoms with E-state index in [1.165, 1.54) is 10.9 Å². The van der Waals surface area contributed by atoms with E-state index in [1.54, 1.807) is 13.1 Å². The summed E-state index contributed by atoms with van der Waals surface area (Å²) in [5.74, 6) is -0.569. The molecule has 2 heterocycles. The highest BCUT2D eigenvalue weighted by atomic mass is 79.9. The van der Waals surface area contributed by atoms with Gasteiger partial charge in [0.2, 0.25) is 0 Å². The molecule has 9 heteroatoms. The SMILES string of the molecule is CCCNC(=O)c1c(NC(=O)c2cccc(Cn3nc(C)c(Br)c3C)c2)cnn1C. The Labute approximate surface area is 183 Å². The van der Waals surface area contributed by atoms with E-state index < -0.39 is 0 Å². The van der Waals surface area contributed by atoms with E-state index in [9.17, 15) is 9.59 Å². The molecule has 0 aliphatic rings. The maximum Gasteiger partial charge on any atom is 0.271 e. The van der Waals surface area contributed by atoms with E-state index in [1.807, 2.05) is 43.7 Å². The number of carbonyl (C=O) groups is 2. The summed E-state index contributed by atoms with van der Waals surface area (Å²) in [5, 5.41) is 14.3. The van der Waals surface area contributed by atoms with E-state index in [-0.39, 0.29) is 11.8 Å². The molecule has 3 rings (SSSR count). The lowest BCUT2D eigenvalue weighted by Crippen LogP contribution is -2.27. The number of nitrogens with one attached hydrogen (secondary N) is 2. The summed E-state index contributed by atoms with van der Waals surface area (Å²) in [6.07, 6.45) is 2.31. The van der Waals surface area contributed by atoms with E-state index in [0.717, 1.165) is 27.8 Å². The maximum absolute atomic E-state index is 12.8. The summed E-state index contributed by atoms with van der Waals surface area (Å²) >= 11 is 3.54. The van der Waals surface area contributed by atoms with Crippen LogP contribution < -0.4 is 10.6 Å². The first-order chi connectivity index (χ1) is 14.3. The number of carbonyl (C=O) groups excluding carboxylic acids is 2. The summed E-state index contributed by atoms with van der Waals surface area (Å²) in [6, 6.07) is 7.36. The van der Waals surface area contributed by atoms with Crippen LogP contribution in [-0.4, -0.2) is 37.9 Å². The topological polar surface area (TPSA) is 93.8 Å². The minimum absolute atomic E-state index is 0.268. The van der Waals surface area contributed by atoms with Crippen LogP contribution in [0.5, 0.6) is 0 Å². The summed E-state index contributed by atoms with van der Waals surface area (Å²) in [5.41, 5.74) is 4.10. The molecule has 0 fully saturated rings. The molecule has 0 saturated heterocycles. The van der Waals surface area contributed by atoms with E-state index in [0.29, 0.717) is 30.0 Å². The van der Waals surface area contributed by atoms with Gasteiger partial charge in [-0.3, -0.25) is 19.0 Å². The number of hydrogen-bond donors (Lipinski definition) is 2. The van der Waals surface area contributed by atoms with Gasteiger partial charge in [-0.25, -0.2) is 0 Å². The zero-order valence-corrected chi connectivity index (χ0v) is 19.1. The fourth-order valence-electron chi connectivity index (χ4n) is 3.13. The van der Waals surface area contributed by atoms with Crippen LogP contribution in [0.3, 0.4) is 0 Å². The average molecular weight is 473 g/mol. The first-order valence-electron chi connectivity index (χ1n) is 9.71. The molecule has 3 aromatic rings. The minimum Gasteiger partial charge on any atom is -0.351 e. The fourth-order valence-corrected chi connectivity index (χ4v) is 3.41. The van der Waals surface area contributed by atoms with Crippen molar-refractivity contribution in [1.82, 2.24) is 24.9 Å². The van der Waals surface area contributed by atoms with Crippen LogP contribution in [0.15, 0.2) is 34.9 Å². The van der Waals surface area contributed by atoms with Gasteiger partial charge in [-0.1, -0.05) is 19.1 Å². The zero-order valence-electron chi connectivity index (χ0n) is 17.5. The monoisotopic (exact) mass is 472 g/mol. The Balaban J connectivity index is 1.78. The van der Waals surface area contributed by atoms with Gasteiger partial charge >= 0.3 is 0 Å². The van der Waals surface area contributed by atoms with Crippen LogP contribution in [0.25, 0.3) is 0 Å². The van der Waals surface area contributed by atoms with Crippen LogP contribution in [0.1, 0.15) is 51.1 Å². The molecule has 8 nitrogen and oxygen atoms in total. The Kier molecular flexibility index (Phi) is 6.71. The lowest BCUT2D eigenvalue weighted by atomic mass is 10.1. The molecule has 2 amide bonds. The van der Waals surface area contributed by atoms with E-state index in [4.69, 9.17) is 0 Å². The van der Waals surface area contributed by atoms with Gasteiger partial charge in [-0.05, 0) is 53.9 Å². The number of hydrogen-bond acceptors (Lipinski definition) is 4. The third kappa shape index (κ3) is 4.62. The molecule has 30 heavy (non-hydrogen) atoms. The highest BCUT2D eigenvalue weighted by Gasteiger charge is 2.19. The third-order valence-corrected chi connectivity index (χ3v) is 5.90. The van der Waals surface area contributed by atoms with Gasteiger partial charge < -0.3 is 10.6 Å². The Hall–Kier alpha value is -2.94. The quantitative estimate of drug-likeness (QED) is 0.550. The highest BCUT2D eigenvalue weighted by molar-refractivity contribution is 9.10. The van der Waals surface area contributed by atoms with Gasteiger partial charge in [0.15, 0.2) is 0 Å².